The number of halogens is 2. The Balaban J connectivity index is 2.31. The van der Waals surface area contributed by atoms with Gasteiger partial charge in [0, 0.05) is 0 Å². The number of benzene rings is 1. The summed E-state index contributed by atoms with van der Waals surface area (Å²) >= 11 is 4.33. The standard InChI is InChI=1S/C10H5BrFN3O3S/c11-8-4-13-10(19-8)14-9(16)6-2-1-5(12)3-7(6)15(17)18/h1-4H,(H,13,14,16). The summed E-state index contributed by atoms with van der Waals surface area (Å²) in [4.78, 5) is 25.7. The van der Waals surface area contributed by atoms with Crippen LogP contribution in [0.25, 0.3) is 0 Å². The van der Waals surface area contributed by atoms with Gasteiger partial charge >= 0.3 is 0 Å². The summed E-state index contributed by atoms with van der Waals surface area (Å²) in [6.07, 6.45) is 1.49. The highest BCUT2D eigenvalue weighted by atomic mass is 79.9. The second-order valence-electron chi connectivity index (χ2n) is 3.34. The Morgan fingerprint density at radius 3 is 2.84 bits per heavy atom. The molecule has 1 amide bonds. The van der Waals surface area contributed by atoms with Gasteiger partial charge in [-0.15, -0.1) is 0 Å². The van der Waals surface area contributed by atoms with Crippen LogP contribution < -0.4 is 5.32 Å². The molecule has 6 nitrogen and oxygen atoms in total. The van der Waals surface area contributed by atoms with Crippen LogP contribution in [0.5, 0.6) is 0 Å². The van der Waals surface area contributed by atoms with Crippen molar-refractivity contribution in [3.05, 3.63) is 49.7 Å². The SMILES string of the molecule is O=C(Nc1ncc(Br)s1)c1ccc(F)cc1[N+](=O)[O-]. The molecule has 0 saturated heterocycles. The molecule has 98 valence electrons. The van der Waals surface area contributed by atoms with Gasteiger partial charge in [-0.2, -0.15) is 0 Å². The number of nitrogens with one attached hydrogen (secondary N) is 1. The van der Waals surface area contributed by atoms with Gasteiger partial charge in [0.1, 0.15) is 11.4 Å². The Morgan fingerprint density at radius 2 is 2.26 bits per heavy atom. The maximum Gasteiger partial charge on any atom is 0.285 e. The van der Waals surface area contributed by atoms with E-state index in [4.69, 9.17) is 0 Å². The third-order valence-corrected chi connectivity index (χ3v) is 3.49. The van der Waals surface area contributed by atoms with Crippen molar-refractivity contribution in [2.75, 3.05) is 5.32 Å². The van der Waals surface area contributed by atoms with Crippen molar-refractivity contribution in [3.63, 3.8) is 0 Å². The molecule has 19 heavy (non-hydrogen) atoms. The smallest absolute Gasteiger partial charge is 0.285 e. The van der Waals surface area contributed by atoms with Crippen molar-refractivity contribution in [1.29, 1.82) is 0 Å². The van der Waals surface area contributed by atoms with Crippen LogP contribution in [-0.2, 0) is 0 Å². The molecule has 1 N–H and O–H groups in total. The maximum atomic E-state index is 12.9. The van der Waals surface area contributed by atoms with Crippen molar-refractivity contribution in [3.8, 4) is 0 Å². The number of thiazole rings is 1. The Labute approximate surface area is 118 Å². The fourth-order valence-electron chi connectivity index (χ4n) is 1.32. The van der Waals surface area contributed by atoms with Crippen molar-refractivity contribution in [2.45, 2.75) is 0 Å². The van der Waals surface area contributed by atoms with Crippen LogP contribution in [0.2, 0.25) is 0 Å². The van der Waals surface area contributed by atoms with Crippen molar-refractivity contribution in [1.82, 2.24) is 4.98 Å². The number of nitro benzene ring substituents is 1. The third-order valence-electron chi connectivity index (χ3n) is 2.10. The average Bonchev–Trinajstić information content (AvgIpc) is 2.74. The first kappa shape index (κ1) is 13.6. The van der Waals surface area contributed by atoms with Crippen molar-refractivity contribution >= 4 is 44.0 Å². The van der Waals surface area contributed by atoms with Crippen LogP contribution in [0.3, 0.4) is 0 Å². The Morgan fingerprint density at radius 1 is 1.53 bits per heavy atom. The summed E-state index contributed by atoms with van der Waals surface area (Å²) in [6, 6.07) is 2.75. The van der Waals surface area contributed by atoms with Gasteiger partial charge in [-0.05, 0) is 28.1 Å². The number of nitrogens with zero attached hydrogens (tertiary/aromatic N) is 2. The molecular weight excluding hydrogens is 341 g/mol. The molecule has 0 aliphatic rings. The Bertz CT molecular complexity index is 661. The number of hydrogen-bond acceptors (Lipinski definition) is 5. The van der Waals surface area contributed by atoms with E-state index in [1.807, 2.05) is 0 Å². The maximum absolute atomic E-state index is 12.9. The number of carbonyl (C=O) groups is 1. The highest BCUT2D eigenvalue weighted by Crippen LogP contribution is 2.25. The molecule has 2 aromatic rings. The molecule has 0 radical (unpaired) electrons. The third kappa shape index (κ3) is 3.12. The minimum Gasteiger partial charge on any atom is -0.298 e. The zero-order valence-electron chi connectivity index (χ0n) is 9.09. The van der Waals surface area contributed by atoms with E-state index in [1.54, 1.807) is 0 Å². The predicted octanol–water partition coefficient (Wildman–Crippen LogP) is 3.21. The lowest BCUT2D eigenvalue weighted by molar-refractivity contribution is -0.385. The summed E-state index contributed by atoms with van der Waals surface area (Å²) in [6.45, 7) is 0. The molecule has 1 aromatic carbocycles. The predicted molar refractivity (Wildman–Crippen MR) is 70.8 cm³/mol. The molecule has 0 fully saturated rings. The molecular formula is C10H5BrFN3O3S. The molecule has 1 aromatic heterocycles. The molecule has 0 bridgehead atoms. The summed E-state index contributed by atoms with van der Waals surface area (Å²) in [5, 5.41) is 13.5. The van der Waals surface area contributed by atoms with Gasteiger partial charge in [0.15, 0.2) is 5.13 Å². The van der Waals surface area contributed by atoms with E-state index in [0.29, 0.717) is 9.85 Å². The molecule has 0 atom stereocenters. The van der Waals surface area contributed by atoms with Crippen LogP contribution in [0, 0.1) is 15.9 Å². The van der Waals surface area contributed by atoms with Crippen molar-refractivity contribution < 1.29 is 14.1 Å². The largest absolute Gasteiger partial charge is 0.298 e. The van der Waals surface area contributed by atoms with Gasteiger partial charge in [-0.1, -0.05) is 11.3 Å². The van der Waals surface area contributed by atoms with E-state index in [-0.39, 0.29) is 10.7 Å². The number of rotatable bonds is 3. The van der Waals surface area contributed by atoms with Gasteiger partial charge in [0.2, 0.25) is 0 Å². The molecule has 0 aliphatic carbocycles. The van der Waals surface area contributed by atoms with Gasteiger partial charge in [0.05, 0.1) is 21.0 Å². The molecule has 1 heterocycles. The van der Waals surface area contributed by atoms with Crippen LogP contribution in [0.4, 0.5) is 15.2 Å². The number of hydrogen-bond donors (Lipinski definition) is 1. The Kier molecular flexibility index (Phi) is 3.86. The lowest BCUT2D eigenvalue weighted by Gasteiger charge is -2.02. The zero-order valence-corrected chi connectivity index (χ0v) is 11.5. The topological polar surface area (TPSA) is 85.1 Å². The molecule has 0 saturated carbocycles. The quantitative estimate of drug-likeness (QED) is 0.683. The number of anilines is 1. The number of nitro groups is 1. The molecule has 0 spiro atoms. The normalized spacial score (nSPS) is 10.2. The molecule has 2 rings (SSSR count). The summed E-state index contributed by atoms with van der Waals surface area (Å²) in [7, 11) is 0. The average molecular weight is 346 g/mol. The number of carbonyl (C=O) groups excluding carboxylic acids is 1. The van der Waals surface area contributed by atoms with Crippen LogP contribution >= 0.6 is 27.3 Å². The zero-order chi connectivity index (χ0) is 14.0. The lowest BCUT2D eigenvalue weighted by atomic mass is 10.1. The van der Waals surface area contributed by atoms with E-state index < -0.39 is 22.3 Å². The van der Waals surface area contributed by atoms with E-state index in [0.717, 1.165) is 23.5 Å². The summed E-state index contributed by atoms with van der Waals surface area (Å²) in [5.74, 6) is -1.49. The van der Waals surface area contributed by atoms with Crippen LogP contribution in [-0.4, -0.2) is 15.8 Å². The van der Waals surface area contributed by atoms with Gasteiger partial charge in [0.25, 0.3) is 11.6 Å². The van der Waals surface area contributed by atoms with E-state index >= 15 is 0 Å². The Hall–Kier alpha value is -1.87. The lowest BCUT2D eigenvalue weighted by Crippen LogP contribution is -2.13. The highest BCUT2D eigenvalue weighted by Gasteiger charge is 2.21. The van der Waals surface area contributed by atoms with Crippen molar-refractivity contribution in [2.24, 2.45) is 0 Å². The first-order valence-corrected chi connectivity index (χ1v) is 6.45. The van der Waals surface area contributed by atoms with E-state index in [1.165, 1.54) is 6.20 Å². The molecule has 9 heteroatoms. The van der Waals surface area contributed by atoms with Crippen LogP contribution in [0.15, 0.2) is 28.2 Å². The monoisotopic (exact) mass is 345 g/mol. The van der Waals surface area contributed by atoms with Gasteiger partial charge < -0.3 is 0 Å². The molecule has 0 aliphatic heterocycles. The van der Waals surface area contributed by atoms with Crippen LogP contribution in [0.1, 0.15) is 10.4 Å². The summed E-state index contributed by atoms with van der Waals surface area (Å²) < 4.78 is 13.7. The minimum absolute atomic E-state index is 0.224. The van der Waals surface area contributed by atoms with E-state index in [2.05, 4.69) is 26.2 Å². The van der Waals surface area contributed by atoms with Gasteiger partial charge in [-0.3, -0.25) is 20.2 Å². The van der Waals surface area contributed by atoms with E-state index in [9.17, 15) is 19.3 Å². The fraction of sp³-hybridized carbons (Fsp3) is 0. The first-order valence-electron chi connectivity index (χ1n) is 4.84. The fourth-order valence-corrected chi connectivity index (χ4v) is 2.43. The van der Waals surface area contributed by atoms with Gasteiger partial charge in [-0.25, -0.2) is 9.37 Å². The first-order chi connectivity index (χ1) is 8.97. The number of aromatic nitrogens is 1. The highest BCUT2D eigenvalue weighted by molar-refractivity contribution is 9.11. The second-order valence-corrected chi connectivity index (χ2v) is 5.75. The summed E-state index contributed by atoms with van der Waals surface area (Å²) in [5.41, 5.74) is -0.814. The minimum atomic E-state index is -0.810. The molecule has 0 unspecified atom stereocenters. The number of amides is 1. The second kappa shape index (κ2) is 5.41.